The van der Waals surface area contributed by atoms with E-state index < -0.39 is 0 Å². The van der Waals surface area contributed by atoms with Gasteiger partial charge in [0.2, 0.25) is 5.91 Å². The van der Waals surface area contributed by atoms with Gasteiger partial charge in [0.25, 0.3) is 0 Å². The second-order valence-corrected chi connectivity index (χ2v) is 8.02. The molecule has 0 bridgehead atoms. The summed E-state index contributed by atoms with van der Waals surface area (Å²) in [6, 6.07) is 4.52. The molecule has 1 aromatic rings. The summed E-state index contributed by atoms with van der Waals surface area (Å²) in [4.78, 5) is 16.5. The van der Waals surface area contributed by atoms with Crippen LogP contribution in [0.1, 0.15) is 63.9 Å². The van der Waals surface area contributed by atoms with Crippen LogP contribution in [0.5, 0.6) is 0 Å². The molecule has 1 saturated carbocycles. The second kappa shape index (κ2) is 5.73. The van der Waals surface area contributed by atoms with Crippen molar-refractivity contribution in [1.82, 2.24) is 10.2 Å². The lowest BCUT2D eigenvalue weighted by Gasteiger charge is -2.31. The molecule has 0 radical (unpaired) electrons. The number of rotatable bonds is 4. The van der Waals surface area contributed by atoms with Crippen LogP contribution in [-0.4, -0.2) is 22.4 Å². The predicted molar refractivity (Wildman–Crippen MR) is 87.2 cm³/mol. The third-order valence-corrected chi connectivity index (χ3v) is 5.82. The van der Waals surface area contributed by atoms with Gasteiger partial charge in [-0.05, 0) is 43.6 Å². The van der Waals surface area contributed by atoms with Crippen molar-refractivity contribution in [3.63, 3.8) is 0 Å². The van der Waals surface area contributed by atoms with Crippen LogP contribution in [0.3, 0.4) is 0 Å². The average Bonchev–Trinajstić information content (AvgIpc) is 3.13. The van der Waals surface area contributed by atoms with Gasteiger partial charge in [-0.3, -0.25) is 10.1 Å². The van der Waals surface area contributed by atoms with Crippen LogP contribution < -0.4 is 5.32 Å². The number of hydrogen-bond donors (Lipinski definition) is 1. The average molecular weight is 306 g/mol. The minimum atomic E-state index is -0.278. The zero-order chi connectivity index (χ0) is 15.0. The first-order chi connectivity index (χ1) is 10.0. The van der Waals surface area contributed by atoms with Gasteiger partial charge in [0.05, 0.1) is 5.54 Å². The van der Waals surface area contributed by atoms with Crippen LogP contribution in [0.15, 0.2) is 17.5 Å². The van der Waals surface area contributed by atoms with Gasteiger partial charge >= 0.3 is 0 Å². The van der Waals surface area contributed by atoms with E-state index >= 15 is 0 Å². The van der Waals surface area contributed by atoms with Gasteiger partial charge in [0.15, 0.2) is 0 Å². The molecule has 1 N–H and O–H groups in total. The molecule has 1 aliphatic carbocycles. The van der Waals surface area contributed by atoms with Crippen LogP contribution >= 0.6 is 11.3 Å². The van der Waals surface area contributed by atoms with Crippen molar-refractivity contribution < 1.29 is 4.79 Å². The van der Waals surface area contributed by atoms with Crippen molar-refractivity contribution >= 4 is 17.2 Å². The van der Waals surface area contributed by atoms with Gasteiger partial charge in [-0.25, -0.2) is 0 Å². The molecule has 1 aromatic heterocycles. The summed E-state index contributed by atoms with van der Waals surface area (Å²) in [5.41, 5.74) is -0.278. The van der Waals surface area contributed by atoms with Gasteiger partial charge in [0, 0.05) is 10.9 Å². The minimum absolute atomic E-state index is 0.0735. The Morgan fingerprint density at radius 2 is 2.10 bits per heavy atom. The van der Waals surface area contributed by atoms with Crippen LogP contribution in [0.2, 0.25) is 0 Å². The summed E-state index contributed by atoms with van der Waals surface area (Å²) in [7, 11) is 0. The lowest BCUT2D eigenvalue weighted by molar-refractivity contribution is -0.135. The fraction of sp³-hybridized carbons (Fsp3) is 0.706. The van der Waals surface area contributed by atoms with E-state index in [1.807, 2.05) is 0 Å². The van der Waals surface area contributed by atoms with Crippen molar-refractivity contribution in [2.75, 3.05) is 0 Å². The molecule has 2 unspecified atom stereocenters. The van der Waals surface area contributed by atoms with E-state index in [0.29, 0.717) is 11.8 Å². The molecule has 116 valence electrons. The Hall–Kier alpha value is -0.870. The third-order valence-electron chi connectivity index (χ3n) is 4.89. The largest absolute Gasteiger partial charge is 0.318 e. The zero-order valence-corrected chi connectivity index (χ0v) is 14.1. The smallest absolute Gasteiger partial charge is 0.244 e. The van der Waals surface area contributed by atoms with Gasteiger partial charge in [0.1, 0.15) is 6.17 Å². The first kappa shape index (κ1) is 15.0. The van der Waals surface area contributed by atoms with E-state index in [4.69, 9.17) is 0 Å². The number of carbonyl (C=O) groups is 1. The Bertz CT molecular complexity index is 491. The third kappa shape index (κ3) is 2.64. The van der Waals surface area contributed by atoms with Crippen molar-refractivity contribution in [2.45, 2.75) is 70.6 Å². The highest BCUT2D eigenvalue weighted by molar-refractivity contribution is 7.10. The first-order valence-electron chi connectivity index (χ1n) is 8.17. The second-order valence-electron chi connectivity index (χ2n) is 7.04. The maximum Gasteiger partial charge on any atom is 0.244 e. The molecule has 4 heteroatoms. The highest BCUT2D eigenvalue weighted by Crippen LogP contribution is 2.43. The Morgan fingerprint density at radius 3 is 2.67 bits per heavy atom. The highest BCUT2D eigenvalue weighted by atomic mass is 32.1. The van der Waals surface area contributed by atoms with Gasteiger partial charge in [-0.1, -0.05) is 32.8 Å². The van der Waals surface area contributed by atoms with Gasteiger partial charge in [-0.2, -0.15) is 0 Å². The van der Waals surface area contributed by atoms with E-state index in [2.05, 4.69) is 48.5 Å². The summed E-state index contributed by atoms with van der Waals surface area (Å²) in [6.07, 6.45) is 5.47. The Labute approximate surface area is 131 Å². The summed E-state index contributed by atoms with van der Waals surface area (Å²) in [5, 5.41) is 5.81. The lowest BCUT2D eigenvalue weighted by Crippen LogP contribution is -2.45. The predicted octanol–water partition coefficient (Wildman–Crippen LogP) is 3.93. The van der Waals surface area contributed by atoms with Crippen molar-refractivity contribution in [1.29, 1.82) is 0 Å². The molecular weight excluding hydrogens is 280 g/mol. The van der Waals surface area contributed by atoms with Gasteiger partial charge < -0.3 is 4.90 Å². The molecule has 1 aliphatic heterocycles. The molecule has 3 nitrogen and oxygen atoms in total. The molecule has 2 aliphatic rings. The molecule has 1 saturated heterocycles. The first-order valence-corrected chi connectivity index (χ1v) is 9.05. The normalized spacial score (nSPS) is 26.2. The monoisotopic (exact) mass is 306 g/mol. The summed E-state index contributed by atoms with van der Waals surface area (Å²) >= 11 is 1.75. The molecular formula is C17H26N2OS. The Kier molecular flexibility index (Phi) is 4.10. The fourth-order valence-electron chi connectivity index (χ4n) is 4.00. The topological polar surface area (TPSA) is 32.3 Å². The minimum Gasteiger partial charge on any atom is -0.318 e. The van der Waals surface area contributed by atoms with Crippen LogP contribution in [0.4, 0.5) is 0 Å². The molecule has 2 atom stereocenters. The van der Waals surface area contributed by atoms with E-state index in [1.54, 1.807) is 11.3 Å². The number of thiophene rings is 1. The molecule has 2 heterocycles. The van der Waals surface area contributed by atoms with E-state index in [-0.39, 0.29) is 17.7 Å². The summed E-state index contributed by atoms with van der Waals surface area (Å²) < 4.78 is 0. The van der Waals surface area contributed by atoms with Crippen molar-refractivity contribution in [3.05, 3.63) is 22.4 Å². The summed E-state index contributed by atoms with van der Waals surface area (Å²) in [5.74, 6) is 0.948. The summed E-state index contributed by atoms with van der Waals surface area (Å²) in [6.45, 7) is 6.67. The number of nitrogens with zero attached hydrogens (tertiary/aromatic N) is 1. The lowest BCUT2D eigenvalue weighted by atomic mass is 9.96. The molecule has 1 spiro atoms. The number of hydrogen-bond acceptors (Lipinski definition) is 3. The molecule has 0 aromatic carbocycles. The quantitative estimate of drug-likeness (QED) is 0.914. The molecule has 2 fully saturated rings. The molecule has 21 heavy (non-hydrogen) atoms. The highest BCUT2D eigenvalue weighted by Gasteiger charge is 2.53. The number of nitrogens with one attached hydrogen (secondary N) is 1. The van der Waals surface area contributed by atoms with E-state index in [0.717, 1.165) is 19.3 Å². The van der Waals surface area contributed by atoms with Crippen molar-refractivity contribution in [3.8, 4) is 0 Å². The Balaban J connectivity index is 1.90. The van der Waals surface area contributed by atoms with Crippen LogP contribution in [0, 0.1) is 5.92 Å². The molecule has 1 amide bonds. The van der Waals surface area contributed by atoms with Crippen LogP contribution in [-0.2, 0) is 4.79 Å². The maximum atomic E-state index is 13.1. The number of amides is 1. The fourth-order valence-corrected chi connectivity index (χ4v) is 4.77. The van der Waals surface area contributed by atoms with Crippen molar-refractivity contribution in [2.24, 2.45) is 5.92 Å². The SMILES string of the molecule is CC(C)CC(C)N1C(=O)C2(CCCC2)NC1c1cccs1. The molecule has 3 rings (SSSR count). The Morgan fingerprint density at radius 1 is 1.38 bits per heavy atom. The standard InChI is InChI=1S/C17H26N2OS/c1-12(2)11-13(3)19-15(14-7-6-10-21-14)18-17(16(19)20)8-4-5-9-17/h6-7,10,12-13,15,18H,4-5,8-9,11H2,1-3H3. The number of carbonyl (C=O) groups excluding carboxylic acids is 1. The maximum absolute atomic E-state index is 13.1. The zero-order valence-electron chi connectivity index (χ0n) is 13.3. The van der Waals surface area contributed by atoms with E-state index in [9.17, 15) is 4.79 Å². The van der Waals surface area contributed by atoms with E-state index in [1.165, 1.54) is 17.7 Å². The van der Waals surface area contributed by atoms with Gasteiger partial charge in [-0.15, -0.1) is 11.3 Å². The van der Waals surface area contributed by atoms with Crippen LogP contribution in [0.25, 0.3) is 0 Å².